The van der Waals surface area contributed by atoms with Gasteiger partial charge >= 0.3 is 0 Å². The van der Waals surface area contributed by atoms with Crippen LogP contribution in [0.1, 0.15) is 0 Å². The largest absolute Gasteiger partial charge is 0.272 e. The molecule has 13 heavy (non-hydrogen) atoms. The van der Waals surface area contributed by atoms with Crippen LogP contribution in [0.3, 0.4) is 0 Å². The average Bonchev–Trinajstić information content (AvgIpc) is 2.04. The van der Waals surface area contributed by atoms with Crippen molar-refractivity contribution in [2.24, 2.45) is 0 Å². The van der Waals surface area contributed by atoms with Crippen molar-refractivity contribution in [1.82, 2.24) is 0 Å². The SMILES string of the molecule is O=[N+]([O-])C1=CC([N+](=O)[O-])C(S)C=C1. The van der Waals surface area contributed by atoms with Crippen LogP contribution in [0.2, 0.25) is 0 Å². The monoisotopic (exact) mass is 202 g/mol. The molecule has 0 saturated carbocycles. The Hall–Kier alpha value is -1.37. The van der Waals surface area contributed by atoms with Crippen molar-refractivity contribution in [3.8, 4) is 0 Å². The number of nitrogens with zero attached hydrogens (tertiary/aromatic N) is 2. The third kappa shape index (κ3) is 2.05. The smallest absolute Gasteiger partial charge is 0.264 e. The Morgan fingerprint density at radius 1 is 1.38 bits per heavy atom. The minimum atomic E-state index is -1.12. The molecule has 7 heteroatoms. The minimum absolute atomic E-state index is 0.257. The summed E-state index contributed by atoms with van der Waals surface area (Å²) in [5.41, 5.74) is -0.257. The fourth-order valence-corrected chi connectivity index (χ4v) is 1.23. The topological polar surface area (TPSA) is 86.3 Å². The summed E-state index contributed by atoms with van der Waals surface area (Å²) < 4.78 is 0. The lowest BCUT2D eigenvalue weighted by atomic mass is 10.1. The maximum Gasteiger partial charge on any atom is 0.272 e. The lowest BCUT2D eigenvalue weighted by molar-refractivity contribution is -0.509. The van der Waals surface area contributed by atoms with Crippen LogP contribution < -0.4 is 0 Å². The Morgan fingerprint density at radius 3 is 2.46 bits per heavy atom. The fourth-order valence-electron chi connectivity index (χ4n) is 0.947. The molecule has 0 aromatic carbocycles. The predicted molar refractivity (Wildman–Crippen MR) is 47.8 cm³/mol. The van der Waals surface area contributed by atoms with Gasteiger partial charge in [0.1, 0.15) is 0 Å². The molecule has 0 aliphatic heterocycles. The Kier molecular flexibility index (Phi) is 2.66. The predicted octanol–water partition coefficient (Wildman–Crippen LogP) is 0.660. The standard InChI is InChI=1S/C6H6N2O4S/c9-7(10)4-1-2-6(13)5(3-4)8(11)12/h1-3,5-6,13H. The van der Waals surface area contributed by atoms with Gasteiger partial charge in [-0.25, -0.2) is 0 Å². The molecule has 0 heterocycles. The molecule has 0 spiro atoms. The fraction of sp³-hybridized carbons (Fsp3) is 0.333. The molecular weight excluding hydrogens is 196 g/mol. The van der Waals surface area contributed by atoms with Crippen LogP contribution >= 0.6 is 12.6 Å². The lowest BCUT2D eigenvalue weighted by Gasteiger charge is -2.11. The summed E-state index contributed by atoms with van der Waals surface area (Å²) in [6.45, 7) is 0. The van der Waals surface area contributed by atoms with Crippen molar-refractivity contribution in [1.29, 1.82) is 0 Å². The summed E-state index contributed by atoms with van der Waals surface area (Å²) in [6, 6.07) is -1.12. The van der Waals surface area contributed by atoms with Gasteiger partial charge in [-0.2, -0.15) is 12.6 Å². The molecule has 0 amide bonds. The van der Waals surface area contributed by atoms with Gasteiger partial charge in [0, 0.05) is 11.0 Å². The summed E-state index contributed by atoms with van der Waals surface area (Å²) in [7, 11) is 0. The Morgan fingerprint density at radius 2 is 2.00 bits per heavy atom. The highest BCUT2D eigenvalue weighted by molar-refractivity contribution is 7.81. The number of thiol groups is 1. The van der Waals surface area contributed by atoms with Gasteiger partial charge in [0.05, 0.1) is 16.2 Å². The van der Waals surface area contributed by atoms with Crippen molar-refractivity contribution in [3.05, 3.63) is 44.2 Å². The van der Waals surface area contributed by atoms with E-state index in [4.69, 9.17) is 0 Å². The zero-order valence-electron chi connectivity index (χ0n) is 6.36. The normalized spacial score (nSPS) is 26.7. The second-order valence-corrected chi connectivity index (χ2v) is 3.07. The summed E-state index contributed by atoms with van der Waals surface area (Å²) in [6.07, 6.45) is 3.56. The summed E-state index contributed by atoms with van der Waals surface area (Å²) in [4.78, 5) is 19.4. The Bertz CT molecular complexity index is 312. The van der Waals surface area contributed by atoms with Crippen LogP contribution in [-0.2, 0) is 0 Å². The maximum atomic E-state index is 10.4. The van der Waals surface area contributed by atoms with Gasteiger partial charge in [-0.1, -0.05) is 6.08 Å². The molecule has 0 fully saturated rings. The highest BCUT2D eigenvalue weighted by Crippen LogP contribution is 2.18. The molecule has 0 radical (unpaired) electrons. The van der Waals surface area contributed by atoms with Gasteiger partial charge < -0.3 is 0 Å². The van der Waals surface area contributed by atoms with E-state index in [1.807, 2.05) is 0 Å². The molecule has 2 unspecified atom stereocenters. The van der Waals surface area contributed by atoms with Gasteiger partial charge in [-0.15, -0.1) is 0 Å². The summed E-state index contributed by atoms with van der Waals surface area (Å²) in [5.74, 6) is 0. The van der Waals surface area contributed by atoms with Crippen LogP contribution in [-0.4, -0.2) is 21.1 Å². The Balaban J connectivity index is 2.93. The van der Waals surface area contributed by atoms with Crippen LogP contribution in [0, 0.1) is 20.2 Å². The third-order valence-corrected chi connectivity index (χ3v) is 2.09. The zero-order valence-corrected chi connectivity index (χ0v) is 7.26. The van der Waals surface area contributed by atoms with Crippen molar-refractivity contribution in [2.45, 2.75) is 11.3 Å². The molecule has 1 aliphatic rings. The molecule has 0 saturated heterocycles. The summed E-state index contributed by atoms with van der Waals surface area (Å²) in [5, 5.41) is 20.1. The molecule has 0 bridgehead atoms. The van der Waals surface area contributed by atoms with Crippen LogP contribution in [0.25, 0.3) is 0 Å². The van der Waals surface area contributed by atoms with Crippen LogP contribution in [0.5, 0.6) is 0 Å². The second-order valence-electron chi connectivity index (χ2n) is 2.47. The van der Waals surface area contributed by atoms with Crippen molar-refractivity contribution in [3.63, 3.8) is 0 Å². The molecule has 6 nitrogen and oxygen atoms in total. The molecule has 70 valence electrons. The molecule has 0 aromatic rings. The number of hydrogen-bond donors (Lipinski definition) is 1. The molecule has 0 aromatic heterocycles. The van der Waals surface area contributed by atoms with Crippen molar-refractivity contribution < 1.29 is 9.85 Å². The van der Waals surface area contributed by atoms with Crippen LogP contribution in [0.15, 0.2) is 23.9 Å². The van der Waals surface area contributed by atoms with Gasteiger partial charge in [0.25, 0.3) is 11.7 Å². The molecule has 1 rings (SSSR count). The van der Waals surface area contributed by atoms with E-state index in [1.54, 1.807) is 0 Å². The van der Waals surface area contributed by atoms with E-state index >= 15 is 0 Å². The van der Waals surface area contributed by atoms with Gasteiger partial charge in [-0.3, -0.25) is 20.2 Å². The number of hydrogen-bond acceptors (Lipinski definition) is 5. The van der Waals surface area contributed by atoms with E-state index in [-0.39, 0.29) is 5.70 Å². The Labute approximate surface area is 78.6 Å². The molecular formula is C6H6N2O4S. The van der Waals surface area contributed by atoms with E-state index in [1.165, 1.54) is 12.2 Å². The quantitative estimate of drug-likeness (QED) is 0.405. The van der Waals surface area contributed by atoms with E-state index in [9.17, 15) is 20.2 Å². The average molecular weight is 202 g/mol. The minimum Gasteiger partial charge on any atom is -0.264 e. The lowest BCUT2D eigenvalue weighted by Crippen LogP contribution is -2.29. The van der Waals surface area contributed by atoms with E-state index < -0.39 is 21.1 Å². The first-order chi connectivity index (χ1) is 6.02. The molecule has 2 atom stereocenters. The van der Waals surface area contributed by atoms with Crippen LogP contribution in [0.4, 0.5) is 0 Å². The molecule has 1 aliphatic carbocycles. The van der Waals surface area contributed by atoms with E-state index in [0.717, 1.165) is 6.08 Å². The highest BCUT2D eigenvalue weighted by Gasteiger charge is 2.31. The third-order valence-electron chi connectivity index (χ3n) is 1.61. The van der Waals surface area contributed by atoms with Gasteiger partial charge in [0.2, 0.25) is 0 Å². The van der Waals surface area contributed by atoms with Gasteiger partial charge in [-0.05, 0) is 0 Å². The number of nitro groups is 2. The second kappa shape index (κ2) is 3.56. The summed E-state index contributed by atoms with van der Waals surface area (Å²) >= 11 is 3.91. The number of rotatable bonds is 2. The number of allylic oxidation sites excluding steroid dienone is 1. The molecule has 0 N–H and O–H groups in total. The van der Waals surface area contributed by atoms with Crippen molar-refractivity contribution >= 4 is 12.6 Å². The maximum absolute atomic E-state index is 10.4. The van der Waals surface area contributed by atoms with E-state index in [0.29, 0.717) is 0 Å². The first kappa shape index (κ1) is 9.72. The zero-order chi connectivity index (χ0) is 10.0. The van der Waals surface area contributed by atoms with Gasteiger partial charge in [0.15, 0.2) is 0 Å². The highest BCUT2D eigenvalue weighted by atomic mass is 32.1. The first-order valence-corrected chi connectivity index (χ1v) is 3.90. The van der Waals surface area contributed by atoms with Crippen molar-refractivity contribution in [2.75, 3.05) is 0 Å². The van der Waals surface area contributed by atoms with E-state index in [2.05, 4.69) is 12.6 Å². The first-order valence-electron chi connectivity index (χ1n) is 3.38.